The number of nitrogens with zero attached hydrogens (tertiary/aromatic N) is 1. The molecule has 0 spiro atoms. The van der Waals surface area contributed by atoms with Crippen LogP contribution in [0.3, 0.4) is 0 Å². The van der Waals surface area contributed by atoms with Crippen molar-refractivity contribution in [2.75, 3.05) is 13.2 Å². The minimum atomic E-state index is -0.621. The molecule has 2 aromatic carbocycles. The fourth-order valence-corrected chi connectivity index (χ4v) is 5.09. The van der Waals surface area contributed by atoms with Gasteiger partial charge in [-0.25, -0.2) is 9.59 Å². The third-order valence-electron chi connectivity index (χ3n) is 5.48. The monoisotopic (exact) mass is 519 g/mol. The van der Waals surface area contributed by atoms with Crippen molar-refractivity contribution in [2.45, 2.75) is 47.1 Å². The molecule has 37 heavy (non-hydrogen) atoms. The van der Waals surface area contributed by atoms with Crippen molar-refractivity contribution in [3.63, 3.8) is 0 Å². The van der Waals surface area contributed by atoms with E-state index in [-0.39, 0.29) is 41.8 Å². The molecule has 0 amide bonds. The van der Waals surface area contributed by atoms with Crippen LogP contribution in [0.15, 0.2) is 42.0 Å². The van der Waals surface area contributed by atoms with Crippen molar-refractivity contribution in [3.8, 4) is 11.8 Å². The van der Waals surface area contributed by atoms with E-state index in [9.17, 15) is 19.6 Å². The van der Waals surface area contributed by atoms with Gasteiger partial charge < -0.3 is 14.2 Å². The van der Waals surface area contributed by atoms with Gasteiger partial charge in [0.1, 0.15) is 16.7 Å². The summed E-state index contributed by atoms with van der Waals surface area (Å²) in [5, 5.41) is 11.5. The fourth-order valence-electron chi connectivity index (χ4n) is 3.91. The molecular weight excluding hydrogens is 490 g/mol. The summed E-state index contributed by atoms with van der Waals surface area (Å²) in [5.41, 5.74) is 1.19. The van der Waals surface area contributed by atoms with Crippen LogP contribution in [0.25, 0.3) is 16.8 Å². The Morgan fingerprint density at radius 3 is 2.27 bits per heavy atom. The Labute approximate surface area is 220 Å². The summed E-state index contributed by atoms with van der Waals surface area (Å²) in [5.74, 6) is -0.951. The predicted molar refractivity (Wildman–Crippen MR) is 143 cm³/mol. The zero-order valence-electron chi connectivity index (χ0n) is 21.5. The quantitative estimate of drug-likeness (QED) is 0.182. The van der Waals surface area contributed by atoms with Crippen molar-refractivity contribution in [1.29, 1.82) is 5.26 Å². The summed E-state index contributed by atoms with van der Waals surface area (Å²) >= 11 is 1.01. The number of esters is 2. The number of fused-ring (bicyclic) bond motifs is 1. The van der Waals surface area contributed by atoms with Crippen molar-refractivity contribution >= 4 is 45.9 Å². The molecule has 3 aromatic rings. The van der Waals surface area contributed by atoms with E-state index in [1.54, 1.807) is 26.8 Å². The number of ether oxygens (including phenoxy) is 3. The number of ketones is 1. The number of allylic oxidation sites excluding steroid dienone is 1. The average molecular weight is 520 g/mol. The Bertz CT molecular complexity index is 1410. The Hall–Kier alpha value is -3.96. The molecule has 1 heterocycles. The van der Waals surface area contributed by atoms with Crippen LogP contribution in [-0.2, 0) is 20.7 Å². The van der Waals surface area contributed by atoms with Crippen LogP contribution < -0.4 is 4.74 Å². The molecule has 0 radical (unpaired) electrons. The van der Waals surface area contributed by atoms with E-state index in [2.05, 4.69) is 0 Å². The molecule has 0 saturated heterocycles. The molecule has 0 unspecified atom stereocenters. The summed E-state index contributed by atoms with van der Waals surface area (Å²) in [6.45, 7) is 9.19. The highest BCUT2D eigenvalue weighted by atomic mass is 32.1. The molecule has 0 bridgehead atoms. The van der Waals surface area contributed by atoms with Crippen molar-refractivity contribution in [2.24, 2.45) is 0 Å². The predicted octanol–water partition coefficient (Wildman–Crippen LogP) is 6.07. The Morgan fingerprint density at radius 2 is 1.65 bits per heavy atom. The molecule has 0 fully saturated rings. The maximum absolute atomic E-state index is 13.3. The highest BCUT2D eigenvalue weighted by Crippen LogP contribution is 2.33. The highest BCUT2D eigenvalue weighted by Gasteiger charge is 2.28. The second kappa shape index (κ2) is 12.3. The van der Waals surface area contributed by atoms with Gasteiger partial charge in [-0.15, -0.1) is 11.3 Å². The number of benzene rings is 2. The molecule has 0 saturated carbocycles. The maximum Gasteiger partial charge on any atom is 0.348 e. The number of thiophene rings is 1. The number of hydrogen-bond donors (Lipinski definition) is 0. The Balaban J connectivity index is 2.02. The fraction of sp³-hybridized carbons (Fsp3) is 0.310. The standard InChI is InChI=1S/C29H29NO6S/c1-6-34-28(32)26-18(5)27(29(33)35-7-2)37-25(26)15-23(31)20(16-30)14-19-12-13-24(36-17(3)4)22-11-9-8-10-21(19)22/h8-14,17H,6-7,15H2,1-5H3/b20-14+. The minimum Gasteiger partial charge on any atom is -0.490 e. The van der Waals surface area contributed by atoms with E-state index in [1.807, 2.05) is 56.3 Å². The van der Waals surface area contributed by atoms with Crippen LogP contribution in [0, 0.1) is 18.3 Å². The first-order chi connectivity index (χ1) is 17.7. The lowest BCUT2D eigenvalue weighted by molar-refractivity contribution is -0.114. The highest BCUT2D eigenvalue weighted by molar-refractivity contribution is 7.14. The van der Waals surface area contributed by atoms with Gasteiger partial charge in [-0.2, -0.15) is 5.26 Å². The third kappa shape index (κ3) is 6.25. The molecule has 0 N–H and O–H groups in total. The van der Waals surface area contributed by atoms with Gasteiger partial charge >= 0.3 is 11.9 Å². The first kappa shape index (κ1) is 27.6. The topological polar surface area (TPSA) is 103 Å². The van der Waals surface area contributed by atoms with Gasteiger partial charge in [0.25, 0.3) is 0 Å². The van der Waals surface area contributed by atoms with Crippen LogP contribution in [-0.4, -0.2) is 37.0 Å². The van der Waals surface area contributed by atoms with E-state index in [0.29, 0.717) is 21.8 Å². The van der Waals surface area contributed by atoms with Crippen LogP contribution in [0.2, 0.25) is 0 Å². The minimum absolute atomic E-state index is 0.0107. The van der Waals surface area contributed by atoms with Crippen LogP contribution in [0.5, 0.6) is 5.75 Å². The molecule has 0 atom stereocenters. The average Bonchev–Trinajstić information content (AvgIpc) is 3.19. The molecule has 1 aromatic heterocycles. The van der Waals surface area contributed by atoms with Gasteiger partial charge in [0.15, 0.2) is 5.78 Å². The van der Waals surface area contributed by atoms with Gasteiger partial charge in [-0.1, -0.05) is 30.3 Å². The number of rotatable bonds is 10. The molecule has 192 valence electrons. The van der Waals surface area contributed by atoms with E-state index >= 15 is 0 Å². The zero-order chi connectivity index (χ0) is 27.1. The van der Waals surface area contributed by atoms with Gasteiger partial charge in [0, 0.05) is 16.7 Å². The summed E-state index contributed by atoms with van der Waals surface area (Å²) in [6, 6.07) is 13.2. The SMILES string of the molecule is CCOC(=O)c1sc(CC(=O)/C(C#N)=C/c2ccc(OC(C)C)c3ccccc23)c(C(=O)OCC)c1C. The van der Waals surface area contributed by atoms with Crippen LogP contribution >= 0.6 is 11.3 Å². The van der Waals surface area contributed by atoms with Gasteiger partial charge in [0.05, 0.1) is 30.5 Å². The second-order valence-electron chi connectivity index (χ2n) is 8.43. The lowest BCUT2D eigenvalue weighted by Gasteiger charge is -2.14. The van der Waals surface area contributed by atoms with Crippen LogP contribution in [0.1, 0.15) is 63.7 Å². The molecule has 3 rings (SSSR count). The van der Waals surface area contributed by atoms with E-state index in [1.165, 1.54) is 0 Å². The number of Topliss-reactive ketones (excluding diaryl/α,β-unsaturated/α-hetero) is 1. The van der Waals surface area contributed by atoms with Crippen molar-refractivity contribution in [3.05, 3.63) is 68.4 Å². The maximum atomic E-state index is 13.3. The van der Waals surface area contributed by atoms with Gasteiger partial charge in [0.2, 0.25) is 0 Å². The summed E-state index contributed by atoms with van der Waals surface area (Å²) in [6.07, 6.45) is 1.30. The largest absolute Gasteiger partial charge is 0.490 e. The zero-order valence-corrected chi connectivity index (χ0v) is 22.4. The molecule has 0 aliphatic carbocycles. The number of hydrogen-bond acceptors (Lipinski definition) is 8. The molecular formula is C29H29NO6S. The lowest BCUT2D eigenvalue weighted by Crippen LogP contribution is -2.12. The number of carbonyl (C=O) groups is 3. The first-order valence-electron chi connectivity index (χ1n) is 12.0. The first-order valence-corrected chi connectivity index (χ1v) is 12.8. The third-order valence-corrected chi connectivity index (χ3v) is 6.75. The summed E-state index contributed by atoms with van der Waals surface area (Å²) < 4.78 is 16.2. The number of carbonyl (C=O) groups excluding carboxylic acids is 3. The molecule has 0 aliphatic rings. The normalized spacial score (nSPS) is 11.3. The molecule has 8 heteroatoms. The second-order valence-corrected chi connectivity index (χ2v) is 9.54. The Morgan fingerprint density at radius 1 is 1.00 bits per heavy atom. The number of nitriles is 1. The molecule has 0 aliphatic heterocycles. The Kier molecular flexibility index (Phi) is 9.20. The van der Waals surface area contributed by atoms with Crippen LogP contribution in [0.4, 0.5) is 0 Å². The van der Waals surface area contributed by atoms with Crippen molar-refractivity contribution < 1.29 is 28.6 Å². The van der Waals surface area contributed by atoms with Crippen molar-refractivity contribution in [1.82, 2.24) is 0 Å². The lowest BCUT2D eigenvalue weighted by atomic mass is 9.98. The van der Waals surface area contributed by atoms with Gasteiger partial charge in [-0.3, -0.25) is 4.79 Å². The van der Waals surface area contributed by atoms with E-state index in [0.717, 1.165) is 22.1 Å². The van der Waals surface area contributed by atoms with E-state index in [4.69, 9.17) is 14.2 Å². The summed E-state index contributed by atoms with van der Waals surface area (Å²) in [4.78, 5) is 39.0. The summed E-state index contributed by atoms with van der Waals surface area (Å²) in [7, 11) is 0. The molecule has 7 nitrogen and oxygen atoms in total. The van der Waals surface area contributed by atoms with E-state index < -0.39 is 17.7 Å². The smallest absolute Gasteiger partial charge is 0.348 e. The van der Waals surface area contributed by atoms with Gasteiger partial charge in [-0.05, 0) is 63.3 Å².